The number of nitrogens with zero attached hydrogens (tertiary/aromatic N) is 4. The first kappa shape index (κ1) is 25.2. The number of carbonyl (C=O) groups is 1. The average Bonchev–Trinajstić information content (AvgIpc) is 3.24. The van der Waals surface area contributed by atoms with E-state index >= 15 is 0 Å². The number of aryl methyl sites for hydroxylation is 1. The number of aromatic nitrogens is 3. The van der Waals surface area contributed by atoms with E-state index in [4.69, 9.17) is 9.84 Å². The lowest BCUT2D eigenvalue weighted by Crippen LogP contribution is -2.43. The molecule has 2 heterocycles. The molecule has 4 rings (SSSR count). The minimum atomic E-state index is -4.73. The molecule has 1 aliphatic heterocycles. The van der Waals surface area contributed by atoms with Crippen LogP contribution in [0.15, 0.2) is 53.7 Å². The van der Waals surface area contributed by atoms with Crippen molar-refractivity contribution in [1.29, 1.82) is 0 Å². The second-order valence-electron chi connectivity index (χ2n) is 8.04. The van der Waals surface area contributed by atoms with Gasteiger partial charge < -0.3 is 9.84 Å². The van der Waals surface area contributed by atoms with Gasteiger partial charge >= 0.3 is 12.1 Å². The molecule has 1 N–H and O–H groups in total. The van der Waals surface area contributed by atoms with E-state index in [0.717, 1.165) is 22.5 Å². The summed E-state index contributed by atoms with van der Waals surface area (Å²) >= 11 is 0. The zero-order valence-electron chi connectivity index (χ0n) is 18.9. The molecule has 0 saturated heterocycles. The SMILES string of the molecule is Cn1ncnc1/C=C/c1ccc2c(c1)N(S(=O)(=O)c1cccc(C(F)(F)F)c1)C[C@H](CCC(=O)O)O2. The molecule has 2 aromatic carbocycles. The molecule has 1 aromatic heterocycles. The number of ether oxygens (including phenoxy) is 1. The fourth-order valence-electron chi connectivity index (χ4n) is 3.68. The van der Waals surface area contributed by atoms with Crippen LogP contribution in [0.4, 0.5) is 18.9 Å². The molecule has 0 radical (unpaired) electrons. The summed E-state index contributed by atoms with van der Waals surface area (Å²) in [6.45, 7) is -0.269. The zero-order chi connectivity index (χ0) is 26.1. The number of fused-ring (bicyclic) bond motifs is 1. The van der Waals surface area contributed by atoms with Gasteiger partial charge in [0.2, 0.25) is 0 Å². The van der Waals surface area contributed by atoms with Crippen LogP contribution in [-0.4, -0.2) is 46.9 Å². The molecular weight excluding hydrogens is 501 g/mol. The number of rotatable bonds is 7. The molecule has 0 unspecified atom stereocenters. The fourth-order valence-corrected chi connectivity index (χ4v) is 5.23. The van der Waals surface area contributed by atoms with E-state index in [1.165, 1.54) is 23.1 Å². The number of halogens is 3. The predicted molar refractivity (Wildman–Crippen MR) is 124 cm³/mol. The van der Waals surface area contributed by atoms with Crippen LogP contribution in [0.2, 0.25) is 0 Å². The van der Waals surface area contributed by atoms with Crippen LogP contribution in [0.25, 0.3) is 12.2 Å². The van der Waals surface area contributed by atoms with E-state index in [1.807, 2.05) is 0 Å². The number of alkyl halides is 3. The second kappa shape index (κ2) is 9.64. The van der Waals surface area contributed by atoms with E-state index in [2.05, 4.69) is 10.1 Å². The Morgan fingerprint density at radius 3 is 2.67 bits per heavy atom. The van der Waals surface area contributed by atoms with E-state index in [9.17, 15) is 26.4 Å². The number of carboxylic acids is 1. The van der Waals surface area contributed by atoms with Gasteiger partial charge in [-0.1, -0.05) is 18.2 Å². The predicted octanol–water partition coefficient (Wildman–Crippen LogP) is 3.83. The molecule has 13 heteroatoms. The third-order valence-corrected chi connectivity index (χ3v) is 7.29. The van der Waals surface area contributed by atoms with Gasteiger partial charge in [-0.25, -0.2) is 18.1 Å². The summed E-state index contributed by atoms with van der Waals surface area (Å²) in [6.07, 6.45) is -1.07. The first-order valence-electron chi connectivity index (χ1n) is 10.7. The topological polar surface area (TPSA) is 115 Å². The first-order valence-corrected chi connectivity index (χ1v) is 12.1. The summed E-state index contributed by atoms with van der Waals surface area (Å²) in [5, 5.41) is 13.0. The Bertz CT molecular complexity index is 1420. The number of carboxylic acid groups (broad SMARTS) is 1. The maximum Gasteiger partial charge on any atom is 0.416 e. The Morgan fingerprint density at radius 2 is 2.00 bits per heavy atom. The van der Waals surface area contributed by atoms with Gasteiger partial charge in [-0.05, 0) is 48.4 Å². The minimum Gasteiger partial charge on any atom is -0.486 e. The molecule has 9 nitrogen and oxygen atoms in total. The Hall–Kier alpha value is -3.87. The number of anilines is 1. The average molecular weight is 523 g/mol. The third-order valence-electron chi connectivity index (χ3n) is 5.52. The fraction of sp³-hybridized carbons (Fsp3) is 0.261. The van der Waals surface area contributed by atoms with Crippen LogP contribution >= 0.6 is 0 Å². The highest BCUT2D eigenvalue weighted by Crippen LogP contribution is 2.39. The summed E-state index contributed by atoms with van der Waals surface area (Å²) in [6, 6.07) is 8.21. The molecule has 0 bridgehead atoms. The molecule has 1 aliphatic rings. The molecule has 36 heavy (non-hydrogen) atoms. The van der Waals surface area contributed by atoms with E-state index in [-0.39, 0.29) is 30.8 Å². The van der Waals surface area contributed by atoms with Crippen LogP contribution < -0.4 is 9.04 Å². The second-order valence-corrected chi connectivity index (χ2v) is 9.90. The molecule has 0 spiro atoms. The number of hydrogen-bond donors (Lipinski definition) is 1. The lowest BCUT2D eigenvalue weighted by atomic mass is 10.1. The van der Waals surface area contributed by atoms with Crippen molar-refractivity contribution in [2.24, 2.45) is 7.05 Å². The minimum absolute atomic E-state index is 0.0111. The molecule has 1 atom stereocenters. The quantitative estimate of drug-likeness (QED) is 0.502. The Labute approximate surface area is 204 Å². The Kier molecular flexibility index (Phi) is 6.76. The highest BCUT2D eigenvalue weighted by molar-refractivity contribution is 7.92. The van der Waals surface area contributed by atoms with Crippen LogP contribution in [0.3, 0.4) is 0 Å². The van der Waals surface area contributed by atoms with Gasteiger partial charge in [-0.2, -0.15) is 18.3 Å². The summed E-state index contributed by atoms with van der Waals surface area (Å²) in [5.74, 6) is -0.366. The van der Waals surface area contributed by atoms with Gasteiger partial charge in [0.25, 0.3) is 10.0 Å². The maximum atomic E-state index is 13.6. The van der Waals surface area contributed by atoms with Crippen LogP contribution in [0.1, 0.15) is 29.8 Å². The Morgan fingerprint density at radius 1 is 1.22 bits per heavy atom. The summed E-state index contributed by atoms with van der Waals surface area (Å²) in [5.41, 5.74) is -0.396. The standard InChI is InChI=1S/C23H21F3N4O5S/c1-29-21(27-14-28-29)9-6-15-5-8-20-19(11-15)30(13-17(35-20)7-10-22(31)32)36(33,34)18-4-2-3-16(12-18)23(24,25)26/h2-6,8-9,11-12,14,17H,7,10,13H2,1H3,(H,31,32)/b9-6+/t17-/m0/s1. The summed E-state index contributed by atoms with van der Waals surface area (Å²) in [7, 11) is -2.75. The van der Waals surface area contributed by atoms with Crippen molar-refractivity contribution in [3.63, 3.8) is 0 Å². The van der Waals surface area contributed by atoms with Gasteiger partial charge in [0, 0.05) is 13.5 Å². The maximum absolute atomic E-state index is 13.6. The van der Waals surface area contributed by atoms with Crippen molar-refractivity contribution in [1.82, 2.24) is 14.8 Å². The van der Waals surface area contributed by atoms with Gasteiger partial charge in [0.05, 0.1) is 22.7 Å². The lowest BCUT2D eigenvalue weighted by molar-refractivity contribution is -0.138. The highest BCUT2D eigenvalue weighted by atomic mass is 32.2. The van der Waals surface area contributed by atoms with Gasteiger partial charge in [0.15, 0.2) is 0 Å². The largest absolute Gasteiger partial charge is 0.486 e. The number of hydrogen-bond acceptors (Lipinski definition) is 6. The smallest absolute Gasteiger partial charge is 0.416 e. The lowest BCUT2D eigenvalue weighted by Gasteiger charge is -2.35. The molecule has 0 fully saturated rings. The summed E-state index contributed by atoms with van der Waals surface area (Å²) < 4.78 is 75.2. The van der Waals surface area contributed by atoms with Crippen molar-refractivity contribution in [3.8, 4) is 5.75 Å². The molecule has 0 amide bonds. The molecule has 190 valence electrons. The third kappa shape index (κ3) is 5.35. The van der Waals surface area contributed by atoms with E-state index in [0.29, 0.717) is 17.5 Å². The van der Waals surface area contributed by atoms with Crippen molar-refractivity contribution in [3.05, 3.63) is 65.7 Å². The molecule has 0 aliphatic carbocycles. The normalized spacial score (nSPS) is 16.1. The van der Waals surface area contributed by atoms with Crippen molar-refractivity contribution in [2.75, 3.05) is 10.8 Å². The number of benzene rings is 2. The highest BCUT2D eigenvalue weighted by Gasteiger charge is 2.37. The Balaban J connectivity index is 1.75. The van der Waals surface area contributed by atoms with Gasteiger partial charge in [-0.15, -0.1) is 0 Å². The number of aliphatic carboxylic acids is 1. The van der Waals surface area contributed by atoms with Crippen molar-refractivity contribution >= 4 is 33.8 Å². The van der Waals surface area contributed by atoms with Crippen LogP contribution in [-0.2, 0) is 28.0 Å². The molecule has 3 aromatic rings. The molecular formula is C23H21F3N4O5S. The zero-order valence-corrected chi connectivity index (χ0v) is 19.7. The van der Waals surface area contributed by atoms with Crippen LogP contribution in [0, 0.1) is 0 Å². The van der Waals surface area contributed by atoms with E-state index in [1.54, 1.807) is 25.3 Å². The van der Waals surface area contributed by atoms with Crippen LogP contribution in [0.5, 0.6) is 5.75 Å². The van der Waals surface area contributed by atoms with Crippen molar-refractivity contribution < 1.29 is 36.2 Å². The monoisotopic (exact) mass is 522 g/mol. The van der Waals surface area contributed by atoms with Gasteiger partial charge in [0.1, 0.15) is 24.0 Å². The first-order chi connectivity index (χ1) is 16.9. The molecule has 0 saturated carbocycles. The number of sulfonamides is 1. The summed E-state index contributed by atoms with van der Waals surface area (Å²) in [4.78, 5) is 14.6. The van der Waals surface area contributed by atoms with Crippen molar-refractivity contribution in [2.45, 2.75) is 30.0 Å². The van der Waals surface area contributed by atoms with Gasteiger partial charge in [-0.3, -0.25) is 9.10 Å². The van der Waals surface area contributed by atoms with E-state index < -0.39 is 38.7 Å².